The number of nitrogens with one attached hydrogen (secondary N) is 1. The molecule has 0 aliphatic rings. The Morgan fingerprint density at radius 1 is 1.19 bits per heavy atom. The molecule has 2 aromatic carbocycles. The summed E-state index contributed by atoms with van der Waals surface area (Å²) in [5.74, 6) is 0. The van der Waals surface area contributed by atoms with Crippen LogP contribution in [0, 0.1) is 6.92 Å². The summed E-state index contributed by atoms with van der Waals surface area (Å²) < 4.78 is 28.3. The third-order valence-corrected chi connectivity index (χ3v) is 5.31. The van der Waals surface area contributed by atoms with Crippen molar-refractivity contribution in [2.24, 2.45) is 0 Å². The number of hydrogen-bond donors (Lipinski definition) is 2. The molecule has 0 aliphatic heterocycles. The second-order valence-electron chi connectivity index (χ2n) is 4.66. The van der Waals surface area contributed by atoms with Crippen molar-refractivity contribution >= 4 is 43.0 Å². The van der Waals surface area contributed by atoms with Crippen molar-refractivity contribution < 1.29 is 8.42 Å². The number of sulfonamides is 1. The molecule has 0 radical (unpaired) electrons. The molecule has 0 saturated heterocycles. The highest BCUT2D eigenvalue weighted by Crippen LogP contribution is 2.24. The summed E-state index contributed by atoms with van der Waals surface area (Å²) in [6, 6.07) is 9.91. The Morgan fingerprint density at radius 2 is 2.00 bits per heavy atom. The Morgan fingerprint density at radius 3 is 2.76 bits per heavy atom. The van der Waals surface area contributed by atoms with E-state index in [1.165, 1.54) is 17.4 Å². The zero-order valence-corrected chi connectivity index (χ0v) is 12.8. The number of nitrogens with two attached hydrogens (primary N) is 1. The fourth-order valence-corrected chi connectivity index (χ4v) is 3.80. The number of hydrogen-bond acceptors (Lipinski definition) is 5. The molecule has 1 heterocycles. The van der Waals surface area contributed by atoms with Gasteiger partial charge in [-0.2, -0.15) is 0 Å². The van der Waals surface area contributed by atoms with Crippen molar-refractivity contribution in [1.82, 2.24) is 4.98 Å². The average molecular weight is 319 g/mol. The Kier molecular flexibility index (Phi) is 3.30. The molecule has 0 atom stereocenters. The Bertz CT molecular complexity index is 917. The van der Waals surface area contributed by atoms with E-state index in [-0.39, 0.29) is 4.90 Å². The van der Waals surface area contributed by atoms with Gasteiger partial charge >= 0.3 is 0 Å². The summed E-state index contributed by atoms with van der Waals surface area (Å²) >= 11 is 1.47. The van der Waals surface area contributed by atoms with E-state index in [2.05, 4.69) is 9.71 Å². The highest BCUT2D eigenvalue weighted by Gasteiger charge is 2.15. The summed E-state index contributed by atoms with van der Waals surface area (Å²) in [7, 11) is -3.63. The number of nitrogens with zero attached hydrogens (tertiary/aromatic N) is 1. The molecule has 21 heavy (non-hydrogen) atoms. The van der Waals surface area contributed by atoms with Crippen LogP contribution in [0.1, 0.15) is 5.56 Å². The van der Waals surface area contributed by atoms with Gasteiger partial charge in [0.25, 0.3) is 10.0 Å². The maximum absolute atomic E-state index is 12.4. The molecule has 3 rings (SSSR count). The summed E-state index contributed by atoms with van der Waals surface area (Å²) in [6.07, 6.45) is 0. The third kappa shape index (κ3) is 2.70. The van der Waals surface area contributed by atoms with Gasteiger partial charge in [0, 0.05) is 5.69 Å². The van der Waals surface area contributed by atoms with Gasteiger partial charge in [0.05, 0.1) is 26.3 Å². The standard InChI is InChI=1S/C14H13N3O2S2/c1-9-6-11(3-4-12(9)15)21(18,19)17-10-2-5-13-14(7-10)20-8-16-13/h2-8,17H,15H2,1H3. The lowest BCUT2D eigenvalue weighted by Gasteiger charge is -2.09. The Hall–Kier alpha value is -2.12. The molecular formula is C14H13N3O2S2. The average Bonchev–Trinajstić information content (AvgIpc) is 2.88. The first-order chi connectivity index (χ1) is 9.95. The zero-order chi connectivity index (χ0) is 15.0. The van der Waals surface area contributed by atoms with E-state index < -0.39 is 10.0 Å². The maximum Gasteiger partial charge on any atom is 0.261 e. The SMILES string of the molecule is Cc1cc(S(=O)(=O)Nc2ccc3ncsc3c2)ccc1N. The van der Waals surface area contributed by atoms with E-state index >= 15 is 0 Å². The first-order valence-corrected chi connectivity index (χ1v) is 8.54. The van der Waals surface area contributed by atoms with Gasteiger partial charge in [0.1, 0.15) is 0 Å². The second kappa shape index (κ2) is 5.01. The fourth-order valence-electron chi connectivity index (χ4n) is 1.95. The number of aryl methyl sites for hydroxylation is 1. The molecule has 0 spiro atoms. The summed E-state index contributed by atoms with van der Waals surface area (Å²) in [5.41, 5.74) is 10.1. The van der Waals surface area contributed by atoms with E-state index in [1.54, 1.807) is 42.8 Å². The molecule has 108 valence electrons. The molecule has 3 aromatic rings. The smallest absolute Gasteiger partial charge is 0.261 e. The van der Waals surface area contributed by atoms with E-state index in [9.17, 15) is 8.42 Å². The van der Waals surface area contributed by atoms with Crippen LogP contribution in [-0.4, -0.2) is 13.4 Å². The normalized spacial score (nSPS) is 11.7. The number of aromatic nitrogens is 1. The van der Waals surface area contributed by atoms with Crippen LogP contribution in [0.2, 0.25) is 0 Å². The number of thiazole rings is 1. The molecule has 5 nitrogen and oxygen atoms in total. The highest BCUT2D eigenvalue weighted by molar-refractivity contribution is 7.92. The van der Waals surface area contributed by atoms with E-state index in [0.29, 0.717) is 11.4 Å². The van der Waals surface area contributed by atoms with Gasteiger partial charge in [-0.15, -0.1) is 11.3 Å². The van der Waals surface area contributed by atoms with Crippen LogP contribution in [0.25, 0.3) is 10.2 Å². The van der Waals surface area contributed by atoms with Gasteiger partial charge < -0.3 is 5.73 Å². The lowest BCUT2D eigenvalue weighted by molar-refractivity contribution is 0.601. The lowest BCUT2D eigenvalue weighted by Crippen LogP contribution is -2.13. The number of rotatable bonds is 3. The maximum atomic E-state index is 12.4. The topological polar surface area (TPSA) is 85.1 Å². The molecule has 7 heteroatoms. The molecule has 1 aromatic heterocycles. The molecular weight excluding hydrogens is 306 g/mol. The lowest BCUT2D eigenvalue weighted by atomic mass is 10.2. The van der Waals surface area contributed by atoms with Crippen molar-refractivity contribution in [3.05, 3.63) is 47.5 Å². The van der Waals surface area contributed by atoms with Crippen molar-refractivity contribution in [2.45, 2.75) is 11.8 Å². The van der Waals surface area contributed by atoms with Crippen LogP contribution >= 0.6 is 11.3 Å². The van der Waals surface area contributed by atoms with Crippen LogP contribution in [-0.2, 0) is 10.0 Å². The molecule has 0 saturated carbocycles. The van der Waals surface area contributed by atoms with Gasteiger partial charge in [0.15, 0.2) is 0 Å². The zero-order valence-electron chi connectivity index (χ0n) is 11.2. The first kappa shape index (κ1) is 13.8. The van der Waals surface area contributed by atoms with Gasteiger partial charge in [0.2, 0.25) is 0 Å². The highest BCUT2D eigenvalue weighted by atomic mass is 32.2. The number of anilines is 2. The minimum atomic E-state index is -3.63. The number of benzene rings is 2. The minimum Gasteiger partial charge on any atom is -0.399 e. The number of fused-ring (bicyclic) bond motifs is 1. The van der Waals surface area contributed by atoms with Crippen LogP contribution in [0.4, 0.5) is 11.4 Å². The van der Waals surface area contributed by atoms with Gasteiger partial charge in [-0.3, -0.25) is 4.72 Å². The molecule has 3 N–H and O–H groups in total. The Balaban J connectivity index is 1.96. The van der Waals surface area contributed by atoms with Gasteiger partial charge in [-0.1, -0.05) is 0 Å². The van der Waals surface area contributed by atoms with Crippen molar-refractivity contribution in [1.29, 1.82) is 0 Å². The van der Waals surface area contributed by atoms with Crippen molar-refractivity contribution in [3.8, 4) is 0 Å². The first-order valence-electron chi connectivity index (χ1n) is 6.18. The van der Waals surface area contributed by atoms with E-state index in [4.69, 9.17) is 5.73 Å². The van der Waals surface area contributed by atoms with Crippen LogP contribution in [0.5, 0.6) is 0 Å². The van der Waals surface area contributed by atoms with Crippen LogP contribution < -0.4 is 10.5 Å². The monoisotopic (exact) mass is 319 g/mol. The quantitative estimate of drug-likeness (QED) is 0.727. The summed E-state index contributed by atoms with van der Waals surface area (Å²) in [6.45, 7) is 1.78. The summed E-state index contributed by atoms with van der Waals surface area (Å²) in [4.78, 5) is 4.36. The molecule has 0 fully saturated rings. The second-order valence-corrected chi connectivity index (χ2v) is 7.23. The molecule has 0 amide bonds. The fraction of sp³-hybridized carbons (Fsp3) is 0.0714. The van der Waals surface area contributed by atoms with Crippen molar-refractivity contribution in [2.75, 3.05) is 10.5 Å². The van der Waals surface area contributed by atoms with Gasteiger partial charge in [-0.25, -0.2) is 13.4 Å². The molecule has 0 aliphatic carbocycles. The largest absolute Gasteiger partial charge is 0.399 e. The molecule has 0 bridgehead atoms. The molecule has 0 unspecified atom stereocenters. The summed E-state index contributed by atoms with van der Waals surface area (Å²) in [5, 5.41) is 0. The predicted octanol–water partition coefficient (Wildman–Crippen LogP) is 2.99. The number of nitrogen functional groups attached to an aromatic ring is 1. The minimum absolute atomic E-state index is 0.193. The van der Waals surface area contributed by atoms with E-state index in [1.807, 2.05) is 0 Å². The predicted molar refractivity (Wildman–Crippen MR) is 86.0 cm³/mol. The van der Waals surface area contributed by atoms with Crippen LogP contribution in [0.15, 0.2) is 46.8 Å². The van der Waals surface area contributed by atoms with Crippen molar-refractivity contribution in [3.63, 3.8) is 0 Å². The van der Waals surface area contributed by atoms with Crippen LogP contribution in [0.3, 0.4) is 0 Å². The van der Waals surface area contributed by atoms with E-state index in [0.717, 1.165) is 15.8 Å². The Labute approximate surface area is 126 Å². The van der Waals surface area contributed by atoms with Gasteiger partial charge in [-0.05, 0) is 48.9 Å². The third-order valence-electron chi connectivity index (χ3n) is 3.14.